The zero-order valence-corrected chi connectivity index (χ0v) is 9.07. The number of phenols is 1. The van der Waals surface area contributed by atoms with Crippen molar-refractivity contribution in [2.24, 2.45) is 0 Å². The Balaban J connectivity index is 2.50. The van der Waals surface area contributed by atoms with Crippen LogP contribution in [0.3, 0.4) is 0 Å². The average Bonchev–Trinajstić information content (AvgIpc) is 2.28. The van der Waals surface area contributed by atoms with Gasteiger partial charge in [0.05, 0.1) is 0 Å². The monoisotopic (exact) mass is 208 g/mol. The van der Waals surface area contributed by atoms with Gasteiger partial charge in [0.15, 0.2) is 0 Å². The lowest BCUT2D eigenvalue weighted by Gasteiger charge is -2.05. The Morgan fingerprint density at radius 1 is 0.750 bits per heavy atom. The van der Waals surface area contributed by atoms with Crippen molar-refractivity contribution in [3.63, 3.8) is 0 Å². The summed E-state index contributed by atoms with van der Waals surface area (Å²) in [5, 5.41) is 14.2. The van der Waals surface area contributed by atoms with E-state index < -0.39 is 0 Å². The molecule has 0 aliphatic heterocycles. The molecule has 0 spiro atoms. The van der Waals surface area contributed by atoms with E-state index in [0.29, 0.717) is 5.75 Å². The summed E-state index contributed by atoms with van der Waals surface area (Å²) in [7, 11) is 0. The van der Waals surface area contributed by atoms with Crippen LogP contribution in [0.25, 0.3) is 21.5 Å². The van der Waals surface area contributed by atoms with E-state index in [1.165, 1.54) is 21.7 Å². The van der Waals surface area contributed by atoms with E-state index in [9.17, 15) is 5.11 Å². The molecule has 0 saturated carbocycles. The Labute approximate surface area is 94.0 Å². The van der Waals surface area contributed by atoms with Gasteiger partial charge in [-0.05, 0) is 40.6 Å². The molecule has 3 rings (SSSR count). The Hall–Kier alpha value is -2.02. The van der Waals surface area contributed by atoms with Crippen LogP contribution in [-0.2, 0) is 0 Å². The molecule has 1 nitrogen and oxygen atoms in total. The third-order valence-electron chi connectivity index (χ3n) is 2.97. The van der Waals surface area contributed by atoms with Gasteiger partial charge in [-0.2, -0.15) is 0 Å². The highest BCUT2D eigenvalue weighted by atomic mass is 16.3. The van der Waals surface area contributed by atoms with Crippen molar-refractivity contribution in [3.8, 4) is 5.75 Å². The fourth-order valence-corrected chi connectivity index (χ4v) is 2.18. The van der Waals surface area contributed by atoms with Gasteiger partial charge in [0.25, 0.3) is 0 Å². The lowest BCUT2D eigenvalue weighted by Crippen LogP contribution is -1.79. The molecule has 0 aliphatic rings. The maximum Gasteiger partial charge on any atom is 0.116 e. The number of fused-ring (bicyclic) bond motifs is 3. The summed E-state index contributed by atoms with van der Waals surface area (Å²) >= 11 is 0. The van der Waals surface area contributed by atoms with Crippen LogP contribution in [-0.4, -0.2) is 5.11 Å². The molecule has 0 aromatic heterocycles. The topological polar surface area (TPSA) is 20.2 Å². The van der Waals surface area contributed by atoms with Crippen molar-refractivity contribution in [3.05, 3.63) is 54.1 Å². The molecule has 3 aromatic carbocycles. The Kier molecular flexibility index (Phi) is 1.87. The van der Waals surface area contributed by atoms with Crippen molar-refractivity contribution >= 4 is 21.5 Å². The molecular formula is C15H12O. The van der Waals surface area contributed by atoms with Crippen LogP contribution in [0.1, 0.15) is 5.56 Å². The highest BCUT2D eigenvalue weighted by molar-refractivity contribution is 6.07. The quantitative estimate of drug-likeness (QED) is 0.553. The second kappa shape index (κ2) is 3.24. The smallest absolute Gasteiger partial charge is 0.116 e. The molecule has 1 N–H and O–H groups in total. The largest absolute Gasteiger partial charge is 0.508 e. The summed E-state index contributed by atoms with van der Waals surface area (Å²) in [5.41, 5.74) is 1.27. The van der Waals surface area contributed by atoms with Gasteiger partial charge in [0.2, 0.25) is 0 Å². The SMILES string of the molecule is Cc1ccc2c(ccc3cc(O)ccc32)c1. The summed E-state index contributed by atoms with van der Waals surface area (Å²) in [6.07, 6.45) is 0. The molecule has 16 heavy (non-hydrogen) atoms. The highest BCUT2D eigenvalue weighted by Gasteiger charge is 2.01. The maximum atomic E-state index is 9.45. The molecule has 0 unspecified atom stereocenters. The molecule has 0 radical (unpaired) electrons. The minimum Gasteiger partial charge on any atom is -0.508 e. The van der Waals surface area contributed by atoms with Crippen molar-refractivity contribution in [2.75, 3.05) is 0 Å². The van der Waals surface area contributed by atoms with Gasteiger partial charge in [0, 0.05) is 0 Å². The van der Waals surface area contributed by atoms with Crippen LogP contribution in [0.5, 0.6) is 5.75 Å². The van der Waals surface area contributed by atoms with Gasteiger partial charge in [-0.3, -0.25) is 0 Å². The third-order valence-corrected chi connectivity index (χ3v) is 2.97. The lowest BCUT2D eigenvalue weighted by molar-refractivity contribution is 0.476. The predicted octanol–water partition coefficient (Wildman–Crippen LogP) is 4.01. The average molecular weight is 208 g/mol. The normalized spacial score (nSPS) is 11.1. The van der Waals surface area contributed by atoms with Crippen LogP contribution in [0.15, 0.2) is 48.5 Å². The molecule has 1 heteroatoms. The van der Waals surface area contributed by atoms with Crippen molar-refractivity contribution in [1.29, 1.82) is 0 Å². The first-order valence-corrected chi connectivity index (χ1v) is 5.36. The number of hydrogen-bond acceptors (Lipinski definition) is 1. The molecule has 0 aliphatic carbocycles. The first-order chi connectivity index (χ1) is 7.74. The molecule has 3 aromatic rings. The van der Waals surface area contributed by atoms with Crippen LogP contribution in [0.4, 0.5) is 0 Å². The lowest BCUT2D eigenvalue weighted by atomic mass is 10.0. The minimum absolute atomic E-state index is 0.318. The molecule has 0 bridgehead atoms. The van der Waals surface area contributed by atoms with Gasteiger partial charge in [-0.1, -0.05) is 42.0 Å². The Morgan fingerprint density at radius 2 is 1.38 bits per heavy atom. The summed E-state index contributed by atoms with van der Waals surface area (Å²) in [4.78, 5) is 0. The number of hydrogen-bond donors (Lipinski definition) is 1. The Bertz CT molecular complexity index is 623. The van der Waals surface area contributed by atoms with Crippen LogP contribution < -0.4 is 0 Å². The summed E-state index contributed by atoms with van der Waals surface area (Å²) < 4.78 is 0. The highest BCUT2D eigenvalue weighted by Crippen LogP contribution is 2.28. The van der Waals surface area contributed by atoms with Crippen molar-refractivity contribution in [2.45, 2.75) is 6.92 Å². The zero-order chi connectivity index (χ0) is 11.1. The van der Waals surface area contributed by atoms with Crippen molar-refractivity contribution in [1.82, 2.24) is 0 Å². The minimum atomic E-state index is 0.318. The van der Waals surface area contributed by atoms with E-state index >= 15 is 0 Å². The first-order valence-electron chi connectivity index (χ1n) is 5.36. The number of benzene rings is 3. The number of rotatable bonds is 0. The predicted molar refractivity (Wildman–Crippen MR) is 67.9 cm³/mol. The number of aromatic hydroxyl groups is 1. The van der Waals surface area contributed by atoms with E-state index in [1.54, 1.807) is 12.1 Å². The molecule has 0 amide bonds. The zero-order valence-electron chi connectivity index (χ0n) is 9.07. The fourth-order valence-electron chi connectivity index (χ4n) is 2.18. The maximum absolute atomic E-state index is 9.45. The van der Waals surface area contributed by atoms with Gasteiger partial charge >= 0.3 is 0 Å². The molecule has 0 heterocycles. The number of phenolic OH excluding ortho intramolecular Hbond substituents is 1. The van der Waals surface area contributed by atoms with E-state index in [1.807, 2.05) is 6.07 Å². The molecule has 0 fully saturated rings. The van der Waals surface area contributed by atoms with Gasteiger partial charge in [0.1, 0.15) is 5.75 Å². The second-order valence-electron chi connectivity index (χ2n) is 4.20. The second-order valence-corrected chi connectivity index (χ2v) is 4.20. The van der Waals surface area contributed by atoms with Gasteiger partial charge < -0.3 is 5.11 Å². The van der Waals surface area contributed by atoms with E-state index in [4.69, 9.17) is 0 Å². The molecule has 0 atom stereocenters. The third kappa shape index (κ3) is 1.33. The number of aryl methyl sites for hydroxylation is 1. The molecule has 0 saturated heterocycles. The van der Waals surface area contributed by atoms with Gasteiger partial charge in [-0.15, -0.1) is 0 Å². The van der Waals surface area contributed by atoms with Crippen molar-refractivity contribution < 1.29 is 5.11 Å². The Morgan fingerprint density at radius 3 is 2.12 bits per heavy atom. The summed E-state index contributed by atoms with van der Waals surface area (Å²) in [6.45, 7) is 2.10. The molecule has 78 valence electrons. The fraction of sp³-hybridized carbons (Fsp3) is 0.0667. The van der Waals surface area contributed by atoms with Gasteiger partial charge in [-0.25, -0.2) is 0 Å². The van der Waals surface area contributed by atoms with Crippen LogP contribution >= 0.6 is 0 Å². The van der Waals surface area contributed by atoms with Crippen LogP contribution in [0, 0.1) is 6.92 Å². The van der Waals surface area contributed by atoms with Crippen LogP contribution in [0.2, 0.25) is 0 Å². The molecular weight excluding hydrogens is 196 g/mol. The summed E-state index contributed by atoms with van der Waals surface area (Å²) in [5.74, 6) is 0.318. The standard InChI is InChI=1S/C15H12O/c1-10-2-6-14-11(8-10)3-4-12-9-13(16)5-7-15(12)14/h2-9,16H,1H3. The van der Waals surface area contributed by atoms with E-state index in [0.717, 1.165) is 5.39 Å². The van der Waals surface area contributed by atoms with E-state index in [2.05, 4.69) is 37.3 Å². The van der Waals surface area contributed by atoms with E-state index in [-0.39, 0.29) is 0 Å². The summed E-state index contributed by atoms with van der Waals surface area (Å²) in [6, 6.07) is 16.1. The first kappa shape index (κ1) is 9.22.